The van der Waals surface area contributed by atoms with E-state index in [2.05, 4.69) is 14.8 Å². The van der Waals surface area contributed by atoms with Crippen LogP contribution in [0.25, 0.3) is 10.4 Å². The van der Waals surface area contributed by atoms with E-state index >= 15 is 0 Å². The number of amides is 1. The molecule has 0 saturated carbocycles. The van der Waals surface area contributed by atoms with Gasteiger partial charge in [0.15, 0.2) is 0 Å². The Morgan fingerprint density at radius 2 is 2.27 bits per heavy atom. The van der Waals surface area contributed by atoms with Gasteiger partial charge in [-0.1, -0.05) is 5.11 Å². The van der Waals surface area contributed by atoms with Crippen LogP contribution in [0, 0.1) is 0 Å². The molecular formula is C8H12N4O3. The third-order valence-electron chi connectivity index (χ3n) is 2.37. The summed E-state index contributed by atoms with van der Waals surface area (Å²) < 4.78 is 4.57. The van der Waals surface area contributed by atoms with Crippen LogP contribution in [0.5, 0.6) is 0 Å². The Labute approximate surface area is 86.6 Å². The van der Waals surface area contributed by atoms with Gasteiger partial charge in [-0.3, -0.25) is 4.79 Å². The van der Waals surface area contributed by atoms with Crippen LogP contribution in [0.2, 0.25) is 0 Å². The number of likely N-dealkylation sites (tertiary alicyclic amines) is 1. The van der Waals surface area contributed by atoms with Crippen LogP contribution >= 0.6 is 0 Å². The van der Waals surface area contributed by atoms with Gasteiger partial charge in [-0.2, -0.15) is 0 Å². The van der Waals surface area contributed by atoms with E-state index in [1.807, 2.05) is 0 Å². The lowest BCUT2D eigenvalue weighted by Gasteiger charge is -2.20. The predicted molar refractivity (Wildman–Crippen MR) is 50.7 cm³/mol. The number of hydrogen-bond acceptors (Lipinski definition) is 4. The van der Waals surface area contributed by atoms with Crippen LogP contribution < -0.4 is 0 Å². The highest BCUT2D eigenvalue weighted by molar-refractivity contribution is 5.84. The zero-order chi connectivity index (χ0) is 11.4. The molecule has 1 aliphatic heterocycles. The quantitative estimate of drug-likeness (QED) is 0.288. The van der Waals surface area contributed by atoms with Crippen LogP contribution in [0.4, 0.5) is 0 Å². The molecule has 1 amide bonds. The molecule has 0 N–H and O–H groups in total. The summed E-state index contributed by atoms with van der Waals surface area (Å²) in [6, 6.07) is -0.967. The maximum absolute atomic E-state index is 11.3. The molecule has 82 valence electrons. The van der Waals surface area contributed by atoms with E-state index in [4.69, 9.17) is 5.53 Å². The third kappa shape index (κ3) is 2.38. The molecule has 1 saturated heterocycles. The lowest BCUT2D eigenvalue weighted by Crippen LogP contribution is -2.39. The molecule has 1 fully saturated rings. The highest BCUT2D eigenvalue weighted by atomic mass is 16.5. The summed E-state index contributed by atoms with van der Waals surface area (Å²) in [5.74, 6) is -0.693. The molecule has 7 heteroatoms. The number of esters is 1. The Balaban J connectivity index is 2.80. The van der Waals surface area contributed by atoms with Gasteiger partial charge in [-0.05, 0) is 12.0 Å². The van der Waals surface area contributed by atoms with Crippen molar-refractivity contribution in [1.82, 2.24) is 4.90 Å². The predicted octanol–water partition coefficient (Wildman–Crippen LogP) is 0.459. The highest BCUT2D eigenvalue weighted by Gasteiger charge is 2.38. The summed E-state index contributed by atoms with van der Waals surface area (Å²) in [5, 5.41) is 3.50. The summed E-state index contributed by atoms with van der Waals surface area (Å²) >= 11 is 0. The van der Waals surface area contributed by atoms with Crippen molar-refractivity contribution in [1.29, 1.82) is 0 Å². The average molecular weight is 212 g/mol. The van der Waals surface area contributed by atoms with Crippen molar-refractivity contribution in [3.05, 3.63) is 10.4 Å². The lowest BCUT2D eigenvalue weighted by molar-refractivity contribution is -0.150. The van der Waals surface area contributed by atoms with Gasteiger partial charge in [-0.25, -0.2) is 4.79 Å². The zero-order valence-electron chi connectivity index (χ0n) is 8.58. The molecule has 0 aromatic carbocycles. The first-order valence-corrected chi connectivity index (χ1v) is 4.49. The summed E-state index contributed by atoms with van der Waals surface area (Å²) in [5.41, 5.74) is 8.27. The molecule has 7 nitrogen and oxygen atoms in total. The maximum Gasteiger partial charge on any atom is 0.328 e. The van der Waals surface area contributed by atoms with E-state index in [0.29, 0.717) is 6.42 Å². The monoisotopic (exact) mass is 212 g/mol. The molecule has 1 unspecified atom stereocenters. The number of hydrogen-bond donors (Lipinski definition) is 0. The van der Waals surface area contributed by atoms with Gasteiger partial charge in [0, 0.05) is 18.4 Å². The van der Waals surface area contributed by atoms with Gasteiger partial charge in [0.2, 0.25) is 5.91 Å². The minimum absolute atomic E-state index is 0.221. The summed E-state index contributed by atoms with van der Waals surface area (Å²) in [4.78, 5) is 26.6. The Morgan fingerprint density at radius 1 is 1.60 bits per heavy atom. The van der Waals surface area contributed by atoms with Gasteiger partial charge in [0.1, 0.15) is 6.04 Å². The van der Waals surface area contributed by atoms with Gasteiger partial charge in [0.25, 0.3) is 0 Å². The number of carbonyl (C=O) groups is 2. The average Bonchev–Trinajstić information content (AvgIpc) is 2.61. The first-order chi connectivity index (χ1) is 7.10. The molecule has 0 radical (unpaired) electrons. The molecule has 1 heterocycles. The summed E-state index contributed by atoms with van der Waals surface area (Å²) in [7, 11) is 1.27. The molecule has 2 atom stereocenters. The summed E-state index contributed by atoms with van der Waals surface area (Å²) in [6.45, 7) is 1.65. The minimum atomic E-state index is -0.622. The summed E-state index contributed by atoms with van der Waals surface area (Å²) in [6.07, 6.45) is 0.330. The van der Waals surface area contributed by atoms with Crippen molar-refractivity contribution in [2.24, 2.45) is 5.11 Å². The van der Waals surface area contributed by atoms with E-state index in [0.717, 1.165) is 0 Å². The number of rotatable bonds is 2. The SMILES string of the molecule is COC(=O)[C@@H]1CC(N=[N+]=[N-])CN1C(C)=O. The van der Waals surface area contributed by atoms with Crippen LogP contribution in [-0.4, -0.2) is 42.5 Å². The van der Waals surface area contributed by atoms with E-state index < -0.39 is 12.0 Å². The zero-order valence-corrected chi connectivity index (χ0v) is 8.58. The van der Waals surface area contributed by atoms with Crippen LogP contribution in [0.3, 0.4) is 0 Å². The molecule has 0 aliphatic carbocycles. The molecule has 0 aromatic rings. The Kier molecular flexibility index (Phi) is 3.51. The van der Waals surface area contributed by atoms with Crippen LogP contribution in [0.1, 0.15) is 13.3 Å². The smallest absolute Gasteiger partial charge is 0.328 e. The number of nitrogens with zero attached hydrogens (tertiary/aromatic N) is 4. The Hall–Kier alpha value is -1.75. The van der Waals surface area contributed by atoms with Crippen molar-refractivity contribution in [3.63, 3.8) is 0 Å². The van der Waals surface area contributed by atoms with E-state index in [9.17, 15) is 9.59 Å². The molecule has 15 heavy (non-hydrogen) atoms. The van der Waals surface area contributed by atoms with Crippen molar-refractivity contribution in [2.75, 3.05) is 13.7 Å². The van der Waals surface area contributed by atoms with Gasteiger partial charge < -0.3 is 9.64 Å². The minimum Gasteiger partial charge on any atom is -0.467 e. The molecule has 0 aromatic heterocycles. The topological polar surface area (TPSA) is 95.4 Å². The van der Waals surface area contributed by atoms with E-state index in [-0.39, 0.29) is 18.5 Å². The fourth-order valence-corrected chi connectivity index (χ4v) is 1.68. The molecule has 1 rings (SSSR count). The third-order valence-corrected chi connectivity index (χ3v) is 2.37. The highest BCUT2D eigenvalue weighted by Crippen LogP contribution is 2.21. The van der Waals surface area contributed by atoms with Crippen molar-refractivity contribution in [3.8, 4) is 0 Å². The van der Waals surface area contributed by atoms with E-state index in [1.54, 1.807) is 0 Å². The Morgan fingerprint density at radius 3 is 2.73 bits per heavy atom. The number of carbonyl (C=O) groups excluding carboxylic acids is 2. The second-order valence-electron chi connectivity index (χ2n) is 3.30. The van der Waals surface area contributed by atoms with Gasteiger partial charge >= 0.3 is 5.97 Å². The fraction of sp³-hybridized carbons (Fsp3) is 0.750. The second-order valence-corrected chi connectivity index (χ2v) is 3.30. The number of methoxy groups -OCH3 is 1. The molecule has 0 bridgehead atoms. The fourth-order valence-electron chi connectivity index (χ4n) is 1.68. The number of azide groups is 1. The lowest BCUT2D eigenvalue weighted by atomic mass is 10.2. The first-order valence-electron chi connectivity index (χ1n) is 4.49. The van der Waals surface area contributed by atoms with Crippen LogP contribution in [0.15, 0.2) is 5.11 Å². The standard InChI is InChI=1S/C8H12N4O3/c1-5(13)12-4-6(10-11-9)3-7(12)8(14)15-2/h6-7H,3-4H2,1-2H3/t6?,7-/m0/s1. The number of ether oxygens (including phenoxy) is 1. The van der Waals surface area contributed by atoms with Crippen molar-refractivity contribution >= 4 is 11.9 Å². The normalized spacial score (nSPS) is 24.5. The van der Waals surface area contributed by atoms with Crippen LogP contribution in [-0.2, 0) is 14.3 Å². The molecule has 0 spiro atoms. The first kappa shape index (κ1) is 11.3. The second kappa shape index (κ2) is 4.65. The molecular weight excluding hydrogens is 200 g/mol. The maximum atomic E-state index is 11.3. The van der Waals surface area contributed by atoms with Crippen molar-refractivity contribution < 1.29 is 14.3 Å². The van der Waals surface area contributed by atoms with E-state index in [1.165, 1.54) is 18.9 Å². The Bertz CT molecular complexity index is 324. The largest absolute Gasteiger partial charge is 0.467 e. The molecule has 1 aliphatic rings. The van der Waals surface area contributed by atoms with Crippen molar-refractivity contribution in [2.45, 2.75) is 25.4 Å². The van der Waals surface area contributed by atoms with Gasteiger partial charge in [-0.15, -0.1) is 0 Å². The van der Waals surface area contributed by atoms with Gasteiger partial charge in [0.05, 0.1) is 13.2 Å².